The molecule has 14 N–H and O–H groups in total. The number of benzene rings is 2. The number of carboxylic acids is 2. The Morgan fingerprint density at radius 1 is 0.424 bits per heavy atom. The average Bonchev–Trinajstić information content (AvgIpc) is 3.20. The quantitative estimate of drug-likeness (QED) is 0.101. The minimum Gasteiger partial charge on any atom is -0.870 e. The standard InChI is InChI=1S/C16H26N4O2.C8H7BrO2.2C8H20N4.Li.H2O/c21-16(22)15-3-1-14(2-4-15)13-20-11-9-18-7-5-17-6-8-19-10-12-20;9-5-6-1-3-7(4-2-6)8(10)11;2*1-2-10-5-6-12-8-7-11-4-3-9-1;;/h1-4,17-19H,5-13H2,(H,21,22);1-4H,5H2,(H,10,11);2*9-12H,1-8H2;;1H2/q;;;;+1;/p-1. The van der Waals surface area contributed by atoms with E-state index in [1.807, 2.05) is 12.1 Å². The Hall–Kier alpha value is -2.06. The first kappa shape index (κ1) is 56.9. The van der Waals surface area contributed by atoms with Crippen LogP contribution in [0.5, 0.6) is 0 Å². The molecule has 17 nitrogen and oxygen atoms in total. The van der Waals surface area contributed by atoms with E-state index in [-0.39, 0.29) is 24.3 Å². The largest absolute Gasteiger partial charge is 1.00 e. The van der Waals surface area contributed by atoms with Crippen LogP contribution in [0.25, 0.3) is 0 Å². The summed E-state index contributed by atoms with van der Waals surface area (Å²) in [6.07, 6.45) is 0. The molecule has 3 aliphatic heterocycles. The summed E-state index contributed by atoms with van der Waals surface area (Å²) >= 11 is 3.27. The van der Waals surface area contributed by atoms with E-state index in [9.17, 15) is 9.59 Å². The van der Waals surface area contributed by atoms with Crippen molar-refractivity contribution in [3.63, 3.8) is 0 Å². The summed E-state index contributed by atoms with van der Waals surface area (Å²) in [5.41, 5.74) is 2.90. The second-order valence-electron chi connectivity index (χ2n) is 13.7. The van der Waals surface area contributed by atoms with Crippen molar-refractivity contribution in [3.05, 3.63) is 70.8 Å². The van der Waals surface area contributed by atoms with Gasteiger partial charge in [0.05, 0.1) is 11.1 Å². The monoisotopic (exact) mass is 889 g/mol. The maximum Gasteiger partial charge on any atom is 1.00 e. The van der Waals surface area contributed by atoms with Gasteiger partial charge in [0.1, 0.15) is 0 Å². The predicted octanol–water partition coefficient (Wildman–Crippen LogP) is -4.21. The van der Waals surface area contributed by atoms with Gasteiger partial charge in [0.25, 0.3) is 0 Å². The molecule has 2 aromatic carbocycles. The minimum atomic E-state index is -0.883. The molecule has 2 aromatic rings. The van der Waals surface area contributed by atoms with E-state index in [4.69, 9.17) is 10.2 Å². The van der Waals surface area contributed by atoms with E-state index in [2.05, 4.69) is 79.3 Å². The van der Waals surface area contributed by atoms with Crippen LogP contribution >= 0.6 is 15.9 Å². The van der Waals surface area contributed by atoms with Gasteiger partial charge in [-0.3, -0.25) is 4.90 Å². The van der Waals surface area contributed by atoms with E-state index >= 15 is 0 Å². The Bertz CT molecular complexity index is 1140. The maximum atomic E-state index is 10.9. The van der Waals surface area contributed by atoms with Gasteiger partial charge in [0, 0.05) is 169 Å². The Labute approximate surface area is 373 Å². The van der Waals surface area contributed by atoms with Gasteiger partial charge in [0.2, 0.25) is 0 Å². The number of carbonyl (C=O) groups is 2. The summed E-state index contributed by atoms with van der Waals surface area (Å²) in [5, 5.41) is 55.4. The molecule has 0 aliphatic carbocycles. The van der Waals surface area contributed by atoms with Crippen LogP contribution in [0.3, 0.4) is 0 Å². The number of alkyl halides is 1. The SMILES string of the molecule is C1CNCCNCCNCCN1.C1CNCCNCCNCCN1.O=C(O)c1ccc(CBr)cc1.O=C(O)c1ccc(CN2CCNCCNCCNCC2)cc1.[Li+].[OH-]. The van der Waals surface area contributed by atoms with E-state index in [1.54, 1.807) is 36.4 Å². The predicted molar refractivity (Wildman–Crippen MR) is 238 cm³/mol. The molecule has 0 spiro atoms. The van der Waals surface area contributed by atoms with Gasteiger partial charge in [0.15, 0.2) is 0 Å². The molecule has 0 atom stereocenters. The minimum absolute atomic E-state index is 0. The third-order valence-electron chi connectivity index (χ3n) is 8.96. The number of hydrogen-bond donors (Lipinski definition) is 13. The van der Waals surface area contributed by atoms with Crippen molar-refractivity contribution in [2.45, 2.75) is 11.9 Å². The Morgan fingerprint density at radius 2 is 0.644 bits per heavy atom. The third-order valence-corrected chi connectivity index (χ3v) is 9.60. The molecule has 3 heterocycles. The van der Waals surface area contributed by atoms with Crippen LogP contribution in [0, 0.1) is 0 Å². The summed E-state index contributed by atoms with van der Waals surface area (Å²) in [6, 6.07) is 13.9. The summed E-state index contributed by atoms with van der Waals surface area (Å²) in [5.74, 6) is -1.76. The number of rotatable bonds is 5. The van der Waals surface area contributed by atoms with E-state index in [1.165, 1.54) is 0 Å². The van der Waals surface area contributed by atoms with Gasteiger partial charge >= 0.3 is 30.8 Å². The second kappa shape index (κ2) is 41.3. The molecule has 0 saturated carbocycles. The summed E-state index contributed by atoms with van der Waals surface area (Å²) in [4.78, 5) is 23.7. The maximum absolute atomic E-state index is 10.9. The molecule has 59 heavy (non-hydrogen) atoms. The van der Waals surface area contributed by atoms with Gasteiger partial charge in [-0.15, -0.1) is 0 Å². The Kier molecular flexibility index (Phi) is 39.9. The van der Waals surface area contributed by atoms with Crippen molar-refractivity contribution in [1.82, 2.24) is 63.4 Å². The van der Waals surface area contributed by atoms with Gasteiger partial charge in [-0.1, -0.05) is 40.2 Å². The van der Waals surface area contributed by atoms with Gasteiger partial charge < -0.3 is 74.2 Å². The molecule has 19 heteroatoms. The van der Waals surface area contributed by atoms with Crippen molar-refractivity contribution in [2.75, 3.05) is 157 Å². The van der Waals surface area contributed by atoms with Crippen LogP contribution in [-0.2, 0) is 11.9 Å². The Balaban J connectivity index is 0.000000790. The van der Waals surface area contributed by atoms with Crippen LogP contribution in [0.15, 0.2) is 48.5 Å². The van der Waals surface area contributed by atoms with E-state index < -0.39 is 11.9 Å². The van der Waals surface area contributed by atoms with Crippen LogP contribution in [0.1, 0.15) is 31.8 Å². The number of aromatic carboxylic acids is 2. The average molecular weight is 890 g/mol. The summed E-state index contributed by atoms with van der Waals surface area (Å²) in [6.45, 7) is 25.9. The third kappa shape index (κ3) is 33.3. The van der Waals surface area contributed by atoms with E-state index in [0.29, 0.717) is 11.1 Å². The fraction of sp³-hybridized carbons (Fsp3) is 0.650. The number of nitrogens with one attached hydrogen (secondary N) is 11. The topological polar surface area (TPSA) is 240 Å². The van der Waals surface area contributed by atoms with Gasteiger partial charge in [-0.25, -0.2) is 9.59 Å². The fourth-order valence-electron chi connectivity index (χ4n) is 5.63. The smallest absolute Gasteiger partial charge is 0.870 e. The molecule has 0 bridgehead atoms. The van der Waals surface area contributed by atoms with Crippen LogP contribution in [-0.4, -0.2) is 190 Å². The van der Waals surface area contributed by atoms with Crippen LogP contribution in [0.2, 0.25) is 0 Å². The number of carboxylic acid groups (broad SMARTS) is 2. The van der Waals surface area contributed by atoms with Crippen molar-refractivity contribution in [1.29, 1.82) is 0 Å². The van der Waals surface area contributed by atoms with Crippen molar-refractivity contribution >= 4 is 27.9 Å². The molecule has 0 radical (unpaired) electrons. The Morgan fingerprint density at radius 3 is 0.864 bits per heavy atom. The first-order chi connectivity index (χ1) is 28.0. The molecular formula is C40H74BrLiN12O5. The summed E-state index contributed by atoms with van der Waals surface area (Å²) < 4.78 is 0. The normalized spacial score (nSPS) is 18.7. The van der Waals surface area contributed by atoms with Crippen LogP contribution in [0.4, 0.5) is 0 Å². The van der Waals surface area contributed by atoms with Gasteiger partial charge in [-0.05, 0) is 35.4 Å². The zero-order valence-corrected chi connectivity index (χ0v) is 37.1. The van der Waals surface area contributed by atoms with Crippen molar-refractivity contribution in [2.24, 2.45) is 0 Å². The number of hydrogen-bond acceptors (Lipinski definition) is 15. The molecule has 5 rings (SSSR count). The first-order valence-corrected chi connectivity index (χ1v) is 21.8. The molecule has 0 aromatic heterocycles. The molecule has 332 valence electrons. The van der Waals surface area contributed by atoms with Crippen molar-refractivity contribution < 1.29 is 44.1 Å². The van der Waals surface area contributed by atoms with Crippen molar-refractivity contribution in [3.8, 4) is 0 Å². The molecule has 3 aliphatic rings. The molecule has 3 fully saturated rings. The zero-order valence-electron chi connectivity index (χ0n) is 35.5. The first-order valence-electron chi connectivity index (χ1n) is 20.7. The number of nitrogens with zero attached hydrogens (tertiary/aromatic N) is 1. The fourth-order valence-corrected chi connectivity index (χ4v) is 6.01. The molecule has 0 amide bonds. The van der Waals surface area contributed by atoms with E-state index in [0.717, 1.165) is 180 Å². The number of halogens is 1. The molecular weight excluding hydrogens is 815 g/mol. The summed E-state index contributed by atoms with van der Waals surface area (Å²) in [7, 11) is 0. The second-order valence-corrected chi connectivity index (χ2v) is 14.2. The van der Waals surface area contributed by atoms with Crippen LogP contribution < -0.4 is 77.3 Å². The van der Waals surface area contributed by atoms with Gasteiger partial charge in [-0.2, -0.15) is 0 Å². The molecule has 3 saturated heterocycles. The zero-order chi connectivity index (χ0) is 40.9. The molecule has 0 unspecified atom stereocenters.